The monoisotopic (exact) mass is 292 g/mol. The summed E-state index contributed by atoms with van der Waals surface area (Å²) in [5.41, 5.74) is 0.672. The van der Waals surface area contributed by atoms with Crippen LogP contribution in [0.25, 0.3) is 0 Å². The van der Waals surface area contributed by atoms with Crippen LogP contribution in [0.15, 0.2) is 0 Å². The number of hydrogen-bond donors (Lipinski definition) is 0. The van der Waals surface area contributed by atoms with E-state index in [4.69, 9.17) is 0 Å². The van der Waals surface area contributed by atoms with Gasteiger partial charge in [-0.3, -0.25) is 0 Å². The average molecular weight is 293 g/mol. The Morgan fingerprint density at radius 2 is 1.38 bits per heavy atom. The van der Waals surface area contributed by atoms with E-state index in [1.54, 1.807) is 12.8 Å². The normalized spacial score (nSPS) is 31.0. The average Bonchev–Trinajstić information content (AvgIpc) is 2.54. The van der Waals surface area contributed by atoms with E-state index in [2.05, 4.69) is 20.8 Å². The van der Waals surface area contributed by atoms with E-state index < -0.39 is 0 Å². The Labute approximate surface area is 134 Å². The van der Waals surface area contributed by atoms with Gasteiger partial charge in [-0.05, 0) is 55.3 Å². The van der Waals surface area contributed by atoms with Crippen molar-refractivity contribution in [3.05, 3.63) is 0 Å². The van der Waals surface area contributed by atoms with Crippen LogP contribution in [0.2, 0.25) is 0 Å². The fraction of sp³-hybridized carbons (Fsp3) is 1.00. The van der Waals surface area contributed by atoms with Crippen LogP contribution in [0.4, 0.5) is 0 Å². The van der Waals surface area contributed by atoms with E-state index in [-0.39, 0.29) is 0 Å². The van der Waals surface area contributed by atoms with Crippen molar-refractivity contribution >= 4 is 0 Å². The first-order chi connectivity index (χ1) is 10.2. The summed E-state index contributed by atoms with van der Waals surface area (Å²) >= 11 is 0. The van der Waals surface area contributed by atoms with Gasteiger partial charge in [-0.1, -0.05) is 78.6 Å². The summed E-state index contributed by atoms with van der Waals surface area (Å²) in [5, 5.41) is 0. The van der Waals surface area contributed by atoms with E-state index >= 15 is 0 Å². The molecular formula is C21H40. The van der Waals surface area contributed by atoms with Crippen LogP contribution in [-0.2, 0) is 0 Å². The van der Waals surface area contributed by atoms with Crippen LogP contribution in [-0.4, -0.2) is 0 Å². The molecular weight excluding hydrogens is 252 g/mol. The van der Waals surface area contributed by atoms with E-state index in [0.29, 0.717) is 5.41 Å². The second-order valence-electron chi connectivity index (χ2n) is 8.45. The molecule has 0 aromatic carbocycles. The Morgan fingerprint density at radius 3 is 1.95 bits per heavy atom. The van der Waals surface area contributed by atoms with Crippen LogP contribution >= 0.6 is 0 Å². The molecule has 0 heterocycles. The minimum Gasteiger partial charge on any atom is -0.0654 e. The molecule has 0 N–H and O–H groups in total. The maximum absolute atomic E-state index is 2.68. The third-order valence-corrected chi connectivity index (χ3v) is 7.07. The highest BCUT2D eigenvalue weighted by atomic mass is 14.5. The molecule has 2 aliphatic carbocycles. The van der Waals surface area contributed by atoms with Gasteiger partial charge in [0.15, 0.2) is 0 Å². The van der Waals surface area contributed by atoms with Crippen LogP contribution in [0.3, 0.4) is 0 Å². The molecule has 21 heavy (non-hydrogen) atoms. The lowest BCUT2D eigenvalue weighted by molar-refractivity contribution is 0.0211. The molecule has 124 valence electrons. The van der Waals surface area contributed by atoms with Gasteiger partial charge in [0, 0.05) is 0 Å². The van der Waals surface area contributed by atoms with Gasteiger partial charge in [0.2, 0.25) is 0 Å². The van der Waals surface area contributed by atoms with E-state index in [1.807, 2.05) is 0 Å². The maximum atomic E-state index is 2.68. The predicted molar refractivity (Wildman–Crippen MR) is 94.6 cm³/mol. The minimum absolute atomic E-state index is 0.672. The van der Waals surface area contributed by atoms with Crippen LogP contribution in [0, 0.1) is 23.2 Å². The molecule has 0 heteroatoms. The lowest BCUT2D eigenvalue weighted by Gasteiger charge is -2.48. The molecule has 0 spiro atoms. The van der Waals surface area contributed by atoms with Gasteiger partial charge < -0.3 is 0 Å². The highest BCUT2D eigenvalue weighted by Crippen LogP contribution is 2.52. The summed E-state index contributed by atoms with van der Waals surface area (Å²) in [4.78, 5) is 0. The van der Waals surface area contributed by atoms with Crippen molar-refractivity contribution in [2.24, 2.45) is 23.2 Å². The zero-order valence-corrected chi connectivity index (χ0v) is 15.1. The van der Waals surface area contributed by atoms with Crippen molar-refractivity contribution in [3.8, 4) is 0 Å². The Morgan fingerprint density at radius 1 is 0.762 bits per heavy atom. The molecule has 0 saturated heterocycles. The number of unbranched alkanes of at least 4 members (excludes halogenated alkanes) is 1. The third kappa shape index (κ3) is 4.49. The second-order valence-corrected chi connectivity index (χ2v) is 8.45. The summed E-state index contributed by atoms with van der Waals surface area (Å²) < 4.78 is 0. The van der Waals surface area contributed by atoms with Gasteiger partial charge in [-0.25, -0.2) is 0 Å². The Bertz CT molecular complexity index is 268. The summed E-state index contributed by atoms with van der Waals surface area (Å²) in [6.45, 7) is 7.44. The summed E-state index contributed by atoms with van der Waals surface area (Å²) in [6, 6.07) is 0. The summed E-state index contributed by atoms with van der Waals surface area (Å²) in [6.07, 6.45) is 21.0. The first-order valence-corrected chi connectivity index (χ1v) is 10.2. The van der Waals surface area contributed by atoms with Crippen molar-refractivity contribution in [2.75, 3.05) is 0 Å². The minimum atomic E-state index is 0.672. The fourth-order valence-corrected chi connectivity index (χ4v) is 5.65. The zero-order chi connectivity index (χ0) is 15.1. The van der Waals surface area contributed by atoms with Crippen molar-refractivity contribution in [1.29, 1.82) is 0 Å². The highest BCUT2D eigenvalue weighted by Gasteiger charge is 2.41. The van der Waals surface area contributed by atoms with E-state index in [0.717, 1.165) is 17.8 Å². The predicted octanol–water partition coefficient (Wildman–Crippen LogP) is 7.37. The van der Waals surface area contributed by atoms with Crippen LogP contribution < -0.4 is 0 Å². The Balaban J connectivity index is 1.92. The standard InChI is InChI=1S/C21H40/c1-4-6-10-18-13-15-20(16-14-18)21(3,17-5-2)19-11-8-7-9-12-19/h18-20H,4-17H2,1-3H3. The van der Waals surface area contributed by atoms with Crippen molar-refractivity contribution in [3.63, 3.8) is 0 Å². The smallest absolute Gasteiger partial charge is 0.0269 e. The van der Waals surface area contributed by atoms with Crippen LogP contribution in [0.5, 0.6) is 0 Å². The van der Waals surface area contributed by atoms with Gasteiger partial charge >= 0.3 is 0 Å². The fourth-order valence-electron chi connectivity index (χ4n) is 5.65. The molecule has 2 rings (SSSR count). The lowest BCUT2D eigenvalue weighted by Crippen LogP contribution is -2.38. The van der Waals surface area contributed by atoms with Gasteiger partial charge in [0.25, 0.3) is 0 Å². The summed E-state index contributed by atoms with van der Waals surface area (Å²) in [5.74, 6) is 3.15. The molecule has 0 radical (unpaired) electrons. The summed E-state index contributed by atoms with van der Waals surface area (Å²) in [7, 11) is 0. The molecule has 2 fully saturated rings. The third-order valence-electron chi connectivity index (χ3n) is 7.07. The molecule has 0 aromatic heterocycles. The van der Waals surface area contributed by atoms with Gasteiger partial charge in [-0.15, -0.1) is 0 Å². The maximum Gasteiger partial charge on any atom is -0.0269 e. The van der Waals surface area contributed by atoms with Crippen molar-refractivity contribution in [1.82, 2.24) is 0 Å². The van der Waals surface area contributed by atoms with Crippen LogP contribution in [0.1, 0.15) is 111 Å². The first kappa shape index (κ1) is 17.4. The molecule has 0 bridgehead atoms. The van der Waals surface area contributed by atoms with Gasteiger partial charge in [0.05, 0.1) is 0 Å². The van der Waals surface area contributed by atoms with Gasteiger partial charge in [0.1, 0.15) is 0 Å². The topological polar surface area (TPSA) is 0 Å². The second kappa shape index (κ2) is 8.59. The molecule has 0 amide bonds. The van der Waals surface area contributed by atoms with E-state index in [1.165, 1.54) is 77.0 Å². The number of hydrogen-bond acceptors (Lipinski definition) is 0. The van der Waals surface area contributed by atoms with Crippen molar-refractivity contribution < 1.29 is 0 Å². The molecule has 1 unspecified atom stereocenters. The Kier molecular flexibility index (Phi) is 7.10. The molecule has 2 aliphatic rings. The largest absolute Gasteiger partial charge is 0.0654 e. The lowest BCUT2D eigenvalue weighted by atomic mass is 9.57. The Hall–Kier alpha value is 0. The molecule has 0 aliphatic heterocycles. The molecule has 1 atom stereocenters. The zero-order valence-electron chi connectivity index (χ0n) is 15.1. The molecule has 0 nitrogen and oxygen atoms in total. The SMILES string of the molecule is CCCCC1CCC(C(C)(CCC)C2CCCCC2)CC1. The molecule has 0 aromatic rings. The van der Waals surface area contributed by atoms with Crippen molar-refractivity contribution in [2.45, 2.75) is 111 Å². The molecule has 2 saturated carbocycles. The number of rotatable bonds is 7. The quantitative estimate of drug-likeness (QED) is 0.459. The van der Waals surface area contributed by atoms with Gasteiger partial charge in [-0.2, -0.15) is 0 Å². The first-order valence-electron chi connectivity index (χ1n) is 10.2. The van der Waals surface area contributed by atoms with E-state index in [9.17, 15) is 0 Å². The highest BCUT2D eigenvalue weighted by molar-refractivity contribution is 4.92.